The molecule has 0 radical (unpaired) electrons. The number of ether oxygens (including phenoxy) is 1. The van der Waals surface area contributed by atoms with Gasteiger partial charge in [-0.1, -0.05) is 0 Å². The predicted molar refractivity (Wildman–Crippen MR) is 64.6 cm³/mol. The van der Waals surface area contributed by atoms with Gasteiger partial charge in [-0.15, -0.1) is 11.8 Å². The normalized spacial score (nSPS) is 11.4. The number of hydrogen-bond donors (Lipinski definition) is 1. The van der Waals surface area contributed by atoms with Gasteiger partial charge in [0.15, 0.2) is 0 Å². The fourth-order valence-corrected chi connectivity index (χ4v) is 1.80. The molecule has 0 aliphatic carbocycles. The van der Waals surface area contributed by atoms with Crippen LogP contribution in [0.4, 0.5) is 0 Å². The maximum Gasteiger partial charge on any atom is 0.322 e. The number of rotatable bonds is 7. The zero-order valence-electron chi connectivity index (χ0n) is 9.41. The summed E-state index contributed by atoms with van der Waals surface area (Å²) in [6, 6.07) is -0.477. The van der Waals surface area contributed by atoms with Crippen molar-refractivity contribution in [3.8, 4) is 11.8 Å². The molecule has 0 aromatic heterocycles. The molecule has 0 aliphatic rings. The van der Waals surface area contributed by atoms with Crippen molar-refractivity contribution < 1.29 is 9.53 Å². The third-order valence-corrected chi connectivity index (χ3v) is 2.73. The van der Waals surface area contributed by atoms with Crippen molar-refractivity contribution in [2.75, 3.05) is 18.1 Å². The van der Waals surface area contributed by atoms with Crippen molar-refractivity contribution in [1.82, 2.24) is 0 Å². The Morgan fingerprint density at radius 2 is 2.27 bits per heavy atom. The van der Waals surface area contributed by atoms with E-state index in [-0.39, 0.29) is 5.97 Å². The summed E-state index contributed by atoms with van der Waals surface area (Å²) in [5, 5.41) is 0. The molecule has 0 amide bonds. The van der Waals surface area contributed by atoms with E-state index in [0.29, 0.717) is 13.0 Å². The van der Waals surface area contributed by atoms with E-state index in [0.717, 1.165) is 17.9 Å². The van der Waals surface area contributed by atoms with E-state index in [1.807, 2.05) is 6.92 Å². The van der Waals surface area contributed by atoms with Crippen LogP contribution in [-0.4, -0.2) is 30.1 Å². The van der Waals surface area contributed by atoms with Crippen molar-refractivity contribution in [2.45, 2.75) is 32.7 Å². The van der Waals surface area contributed by atoms with Crippen molar-refractivity contribution in [1.29, 1.82) is 0 Å². The number of esters is 1. The second-order valence-corrected chi connectivity index (χ2v) is 4.16. The molecule has 0 saturated carbocycles. The van der Waals surface area contributed by atoms with Crippen LogP contribution in [0.3, 0.4) is 0 Å². The summed E-state index contributed by atoms with van der Waals surface area (Å²) in [4.78, 5) is 11.1. The maximum atomic E-state index is 11.1. The van der Waals surface area contributed by atoms with E-state index in [1.54, 1.807) is 18.7 Å². The van der Waals surface area contributed by atoms with Gasteiger partial charge in [-0.25, -0.2) is 0 Å². The Balaban J connectivity index is 3.40. The van der Waals surface area contributed by atoms with Gasteiger partial charge in [-0.2, -0.15) is 11.8 Å². The Morgan fingerprint density at radius 1 is 1.53 bits per heavy atom. The standard InChI is InChI=1S/C11H19NO2S/c1-3-5-6-8-15-9-7-10(12)11(13)14-4-2/h10H,4,6-9,12H2,1-2H3. The Hall–Kier alpha value is -0.660. The van der Waals surface area contributed by atoms with Gasteiger partial charge >= 0.3 is 5.97 Å². The summed E-state index contributed by atoms with van der Waals surface area (Å²) in [6.45, 7) is 4.01. The highest BCUT2D eigenvalue weighted by atomic mass is 32.2. The lowest BCUT2D eigenvalue weighted by Crippen LogP contribution is -2.32. The third kappa shape index (κ3) is 8.34. The molecule has 0 fully saturated rings. The van der Waals surface area contributed by atoms with E-state index in [9.17, 15) is 4.79 Å². The number of thioether (sulfide) groups is 1. The molecule has 4 heteroatoms. The van der Waals surface area contributed by atoms with Crippen LogP contribution in [0.1, 0.15) is 26.7 Å². The first kappa shape index (κ1) is 14.3. The van der Waals surface area contributed by atoms with Crippen molar-refractivity contribution >= 4 is 17.7 Å². The Morgan fingerprint density at radius 3 is 2.87 bits per heavy atom. The monoisotopic (exact) mass is 229 g/mol. The van der Waals surface area contributed by atoms with E-state index in [2.05, 4.69) is 11.8 Å². The van der Waals surface area contributed by atoms with Gasteiger partial charge in [0.2, 0.25) is 0 Å². The van der Waals surface area contributed by atoms with Crippen LogP contribution in [0.5, 0.6) is 0 Å². The minimum absolute atomic E-state index is 0.300. The third-order valence-electron chi connectivity index (χ3n) is 1.71. The van der Waals surface area contributed by atoms with Gasteiger partial charge in [0, 0.05) is 12.2 Å². The molecule has 3 nitrogen and oxygen atoms in total. The largest absolute Gasteiger partial charge is 0.465 e. The minimum atomic E-state index is -0.477. The summed E-state index contributed by atoms with van der Waals surface area (Å²) < 4.78 is 4.80. The second kappa shape index (κ2) is 9.88. The van der Waals surface area contributed by atoms with Gasteiger partial charge in [-0.3, -0.25) is 4.79 Å². The summed E-state index contributed by atoms with van der Waals surface area (Å²) in [6.07, 6.45) is 1.57. The topological polar surface area (TPSA) is 52.3 Å². The van der Waals surface area contributed by atoms with Gasteiger partial charge in [0.05, 0.1) is 6.61 Å². The van der Waals surface area contributed by atoms with E-state index in [4.69, 9.17) is 10.5 Å². The first-order chi connectivity index (χ1) is 7.22. The number of carbonyl (C=O) groups is 1. The lowest BCUT2D eigenvalue weighted by atomic mass is 10.2. The molecule has 15 heavy (non-hydrogen) atoms. The summed E-state index contributed by atoms with van der Waals surface area (Å²) in [5.41, 5.74) is 5.63. The molecule has 0 aliphatic heterocycles. The van der Waals surface area contributed by atoms with Crippen LogP contribution < -0.4 is 5.73 Å². The van der Waals surface area contributed by atoms with Crippen LogP contribution in [0, 0.1) is 11.8 Å². The lowest BCUT2D eigenvalue weighted by Gasteiger charge is -2.09. The molecular weight excluding hydrogens is 210 g/mol. The van der Waals surface area contributed by atoms with Crippen molar-refractivity contribution in [3.63, 3.8) is 0 Å². The molecule has 0 spiro atoms. The average Bonchev–Trinajstić information content (AvgIpc) is 2.23. The quantitative estimate of drug-likeness (QED) is 0.407. The molecule has 1 atom stereocenters. The predicted octanol–water partition coefficient (Wildman–Crippen LogP) is 1.41. The van der Waals surface area contributed by atoms with E-state index < -0.39 is 6.04 Å². The van der Waals surface area contributed by atoms with Crippen molar-refractivity contribution in [2.24, 2.45) is 5.73 Å². The second-order valence-electron chi connectivity index (χ2n) is 2.94. The van der Waals surface area contributed by atoms with Crippen LogP contribution in [-0.2, 0) is 9.53 Å². The highest BCUT2D eigenvalue weighted by Gasteiger charge is 2.13. The summed E-state index contributed by atoms with van der Waals surface area (Å²) in [7, 11) is 0. The lowest BCUT2D eigenvalue weighted by molar-refractivity contribution is -0.144. The SMILES string of the molecule is CC#CCCSCCC(N)C(=O)OCC. The maximum absolute atomic E-state index is 11.1. The van der Waals surface area contributed by atoms with Crippen LogP contribution >= 0.6 is 11.8 Å². The molecular formula is C11H19NO2S. The molecule has 0 saturated heterocycles. The highest BCUT2D eigenvalue weighted by molar-refractivity contribution is 7.99. The smallest absolute Gasteiger partial charge is 0.322 e. The van der Waals surface area contributed by atoms with Crippen LogP contribution in [0.2, 0.25) is 0 Å². The zero-order valence-corrected chi connectivity index (χ0v) is 10.2. The minimum Gasteiger partial charge on any atom is -0.465 e. The molecule has 0 rings (SSSR count). The number of carbonyl (C=O) groups excluding carboxylic acids is 1. The highest BCUT2D eigenvalue weighted by Crippen LogP contribution is 2.06. The molecule has 0 bridgehead atoms. The molecule has 86 valence electrons. The molecule has 1 unspecified atom stereocenters. The zero-order chi connectivity index (χ0) is 11.5. The van der Waals surface area contributed by atoms with Gasteiger partial charge in [0.25, 0.3) is 0 Å². The molecule has 0 heterocycles. The molecule has 2 N–H and O–H groups in total. The summed E-state index contributed by atoms with van der Waals surface area (Å²) in [5.74, 6) is 7.40. The molecule has 0 aromatic carbocycles. The Kier molecular flexibility index (Phi) is 9.44. The van der Waals surface area contributed by atoms with Crippen molar-refractivity contribution in [3.05, 3.63) is 0 Å². The van der Waals surface area contributed by atoms with E-state index >= 15 is 0 Å². The van der Waals surface area contributed by atoms with Gasteiger partial charge in [-0.05, 0) is 26.0 Å². The Labute approximate surface area is 96.1 Å². The fourth-order valence-electron chi connectivity index (χ4n) is 0.928. The van der Waals surface area contributed by atoms with Crippen LogP contribution in [0.25, 0.3) is 0 Å². The fraction of sp³-hybridized carbons (Fsp3) is 0.727. The molecule has 0 aromatic rings. The van der Waals surface area contributed by atoms with Gasteiger partial charge < -0.3 is 10.5 Å². The average molecular weight is 229 g/mol. The van der Waals surface area contributed by atoms with Crippen LogP contribution in [0.15, 0.2) is 0 Å². The first-order valence-electron chi connectivity index (χ1n) is 5.12. The van der Waals surface area contributed by atoms with Gasteiger partial charge in [0.1, 0.15) is 6.04 Å². The first-order valence-corrected chi connectivity index (χ1v) is 6.27. The number of nitrogens with two attached hydrogens (primary N) is 1. The summed E-state index contributed by atoms with van der Waals surface area (Å²) >= 11 is 1.77. The Bertz CT molecular complexity index is 232. The number of hydrogen-bond acceptors (Lipinski definition) is 4. The van der Waals surface area contributed by atoms with E-state index in [1.165, 1.54) is 0 Å².